The molecule has 1 saturated heterocycles. The number of benzene rings is 2. The summed E-state index contributed by atoms with van der Waals surface area (Å²) in [6, 6.07) is 13.8. The topological polar surface area (TPSA) is 128 Å². The lowest BCUT2D eigenvalue weighted by atomic mass is 9.96. The maximum absolute atomic E-state index is 14.3. The Kier molecular flexibility index (Phi) is 12.3. The summed E-state index contributed by atoms with van der Waals surface area (Å²) in [5.74, 6) is -3.31. The van der Waals surface area contributed by atoms with Gasteiger partial charge >= 0.3 is 0 Å². The van der Waals surface area contributed by atoms with E-state index in [-0.39, 0.29) is 30.6 Å². The van der Waals surface area contributed by atoms with Gasteiger partial charge < -0.3 is 25.8 Å². The predicted octanol–water partition coefficient (Wildman–Crippen LogP) is 2.56. The molecule has 0 spiro atoms. The number of hydrogen-bond acceptors (Lipinski definition) is 5. The average Bonchev–Trinajstić information content (AvgIpc) is 2.99. The number of rotatable bonds is 7. The number of carbonyl (C=O) groups is 5. The summed E-state index contributed by atoms with van der Waals surface area (Å²) in [7, 11) is 3.09. The third-order valence-corrected chi connectivity index (χ3v) is 8.43. The third kappa shape index (κ3) is 8.93. The Balaban J connectivity index is 2.17. The van der Waals surface area contributed by atoms with Gasteiger partial charge in [0.1, 0.15) is 30.2 Å². The molecule has 2 aromatic carbocycles. The summed E-state index contributed by atoms with van der Waals surface area (Å²) >= 11 is 0. The van der Waals surface area contributed by atoms with E-state index in [0.717, 1.165) is 11.1 Å². The number of carbonyl (C=O) groups excluding carboxylic acids is 5. The molecule has 2 aromatic rings. The molecule has 244 valence electrons. The van der Waals surface area contributed by atoms with Crippen molar-refractivity contribution in [3.63, 3.8) is 0 Å². The van der Waals surface area contributed by atoms with Gasteiger partial charge in [0.25, 0.3) is 0 Å². The van der Waals surface area contributed by atoms with Gasteiger partial charge in [0.15, 0.2) is 0 Å². The van der Waals surface area contributed by atoms with Crippen LogP contribution in [0.25, 0.3) is 0 Å². The van der Waals surface area contributed by atoms with Crippen LogP contribution in [0.2, 0.25) is 0 Å². The van der Waals surface area contributed by atoms with Crippen molar-refractivity contribution < 1.29 is 24.0 Å². The Morgan fingerprint density at radius 3 is 1.53 bits per heavy atom. The number of nitrogens with one attached hydrogen (secondary N) is 3. The second-order valence-corrected chi connectivity index (χ2v) is 13.0. The first-order valence-electron chi connectivity index (χ1n) is 15.7. The van der Waals surface area contributed by atoms with E-state index in [0.29, 0.717) is 0 Å². The summed E-state index contributed by atoms with van der Waals surface area (Å²) in [5, 5.41) is 8.69. The van der Waals surface area contributed by atoms with Crippen LogP contribution >= 0.6 is 0 Å². The molecule has 0 aliphatic carbocycles. The molecule has 0 bridgehead atoms. The summed E-state index contributed by atoms with van der Waals surface area (Å²) in [6.45, 7) is 10.9. The summed E-state index contributed by atoms with van der Waals surface area (Å²) in [5.41, 5.74) is 1.65. The molecule has 3 N–H and O–H groups in total. The molecule has 10 nitrogen and oxygen atoms in total. The second kappa shape index (κ2) is 15.7. The van der Waals surface area contributed by atoms with Gasteiger partial charge in [-0.25, -0.2) is 0 Å². The molecule has 1 aliphatic heterocycles. The molecular formula is C35H49N5O5. The molecular weight excluding hydrogens is 570 g/mol. The van der Waals surface area contributed by atoms with Crippen LogP contribution in [0.5, 0.6) is 0 Å². The van der Waals surface area contributed by atoms with Crippen LogP contribution in [-0.2, 0) is 36.8 Å². The SMILES string of the molecule is CC(C)C1NC(=O)C(C(C)C)N(C)C(=O)C(C(C)C)NC(=O)C(Cc2ccccc2)N(C)C(=O)C(Cc2ccccc2)NC1=O. The molecule has 5 atom stereocenters. The van der Waals surface area contributed by atoms with Crippen LogP contribution in [0.1, 0.15) is 52.7 Å². The fourth-order valence-electron chi connectivity index (χ4n) is 5.77. The Morgan fingerprint density at radius 1 is 0.556 bits per heavy atom. The number of nitrogens with zero attached hydrogens (tertiary/aromatic N) is 2. The quantitative estimate of drug-likeness (QED) is 0.439. The first kappa shape index (κ1) is 35.3. The lowest BCUT2D eigenvalue weighted by Crippen LogP contribution is -2.60. The number of likely N-dealkylation sites (N-methyl/N-ethyl adjacent to an activating group) is 2. The minimum absolute atomic E-state index is 0.179. The van der Waals surface area contributed by atoms with Crippen LogP contribution in [0.4, 0.5) is 0 Å². The Morgan fingerprint density at radius 2 is 1.04 bits per heavy atom. The maximum Gasteiger partial charge on any atom is 0.245 e. The lowest BCUT2D eigenvalue weighted by Gasteiger charge is -2.36. The highest BCUT2D eigenvalue weighted by atomic mass is 16.2. The monoisotopic (exact) mass is 619 g/mol. The fourth-order valence-corrected chi connectivity index (χ4v) is 5.77. The van der Waals surface area contributed by atoms with Crippen molar-refractivity contribution in [1.29, 1.82) is 0 Å². The molecule has 1 fully saturated rings. The van der Waals surface area contributed by atoms with E-state index in [9.17, 15) is 24.0 Å². The van der Waals surface area contributed by atoms with Gasteiger partial charge in [-0.05, 0) is 28.9 Å². The van der Waals surface area contributed by atoms with Crippen molar-refractivity contribution in [2.24, 2.45) is 17.8 Å². The van der Waals surface area contributed by atoms with Crippen LogP contribution < -0.4 is 16.0 Å². The molecule has 0 aromatic heterocycles. The van der Waals surface area contributed by atoms with E-state index in [2.05, 4.69) is 16.0 Å². The number of amides is 5. The summed E-state index contributed by atoms with van der Waals surface area (Å²) in [6.07, 6.45) is 0.373. The van der Waals surface area contributed by atoms with Gasteiger partial charge in [0, 0.05) is 26.9 Å². The Hall–Kier alpha value is -4.21. The van der Waals surface area contributed by atoms with E-state index in [4.69, 9.17) is 0 Å². The molecule has 1 heterocycles. The molecule has 3 rings (SSSR count). The molecule has 10 heteroatoms. The highest BCUT2D eigenvalue weighted by Crippen LogP contribution is 2.18. The van der Waals surface area contributed by atoms with Gasteiger partial charge in [-0.3, -0.25) is 24.0 Å². The van der Waals surface area contributed by atoms with Crippen LogP contribution in [-0.4, -0.2) is 83.6 Å². The minimum Gasteiger partial charge on any atom is -0.342 e. The van der Waals surface area contributed by atoms with E-state index in [1.54, 1.807) is 14.1 Å². The van der Waals surface area contributed by atoms with Crippen molar-refractivity contribution in [2.45, 2.75) is 84.6 Å². The van der Waals surface area contributed by atoms with Crippen LogP contribution in [0, 0.1) is 17.8 Å². The standard InChI is InChI=1S/C35H49N5O5/c1-21(2)28-32(42)36-26(19-24-15-11-9-12-16-24)34(44)39(7)27(20-25-17-13-10-14-18-25)31(41)38-29(22(3)4)35(45)40(8)30(23(5)6)33(43)37-28/h9-18,21-23,26-30H,19-20H2,1-8H3,(H,36,42)(H,37,43)(H,38,41). The van der Waals surface area contributed by atoms with Crippen molar-refractivity contribution in [1.82, 2.24) is 25.8 Å². The Bertz CT molecular complexity index is 1330. The Labute approximate surface area is 267 Å². The average molecular weight is 620 g/mol. The van der Waals surface area contributed by atoms with Crippen molar-refractivity contribution in [3.8, 4) is 0 Å². The third-order valence-electron chi connectivity index (χ3n) is 8.43. The van der Waals surface area contributed by atoms with Crippen molar-refractivity contribution in [2.75, 3.05) is 14.1 Å². The van der Waals surface area contributed by atoms with Crippen LogP contribution in [0.3, 0.4) is 0 Å². The maximum atomic E-state index is 14.3. The number of hydrogen-bond donors (Lipinski definition) is 3. The van der Waals surface area contributed by atoms with Gasteiger partial charge in [-0.2, -0.15) is 0 Å². The first-order valence-corrected chi connectivity index (χ1v) is 15.7. The minimum atomic E-state index is -1.02. The van der Waals surface area contributed by atoms with Gasteiger partial charge in [-0.15, -0.1) is 0 Å². The fraction of sp³-hybridized carbons (Fsp3) is 0.514. The van der Waals surface area contributed by atoms with E-state index in [1.807, 2.05) is 102 Å². The van der Waals surface area contributed by atoms with Crippen LogP contribution in [0.15, 0.2) is 60.7 Å². The van der Waals surface area contributed by atoms with Gasteiger partial charge in [0.05, 0.1) is 0 Å². The molecule has 5 unspecified atom stereocenters. The molecule has 45 heavy (non-hydrogen) atoms. The molecule has 1 aliphatic rings. The first-order chi connectivity index (χ1) is 21.2. The van der Waals surface area contributed by atoms with Gasteiger partial charge in [0.2, 0.25) is 29.5 Å². The van der Waals surface area contributed by atoms with E-state index >= 15 is 0 Å². The zero-order valence-corrected chi connectivity index (χ0v) is 27.7. The molecule has 0 radical (unpaired) electrons. The summed E-state index contributed by atoms with van der Waals surface area (Å²) < 4.78 is 0. The second-order valence-electron chi connectivity index (χ2n) is 13.0. The van der Waals surface area contributed by atoms with E-state index < -0.39 is 59.7 Å². The highest BCUT2D eigenvalue weighted by Gasteiger charge is 2.40. The largest absolute Gasteiger partial charge is 0.342 e. The molecule has 5 amide bonds. The zero-order valence-electron chi connectivity index (χ0n) is 27.7. The zero-order chi connectivity index (χ0) is 33.4. The summed E-state index contributed by atoms with van der Waals surface area (Å²) in [4.78, 5) is 72.6. The van der Waals surface area contributed by atoms with Crippen molar-refractivity contribution in [3.05, 3.63) is 71.8 Å². The van der Waals surface area contributed by atoms with Crippen molar-refractivity contribution >= 4 is 29.5 Å². The van der Waals surface area contributed by atoms with Gasteiger partial charge in [-0.1, -0.05) is 102 Å². The molecule has 0 saturated carbocycles. The van der Waals surface area contributed by atoms with E-state index in [1.165, 1.54) is 9.80 Å². The lowest BCUT2D eigenvalue weighted by molar-refractivity contribution is -0.146. The predicted molar refractivity (Wildman–Crippen MR) is 174 cm³/mol. The highest BCUT2D eigenvalue weighted by molar-refractivity contribution is 5.98. The smallest absolute Gasteiger partial charge is 0.245 e. The normalized spacial score (nSPS) is 24.3.